The molecule has 166 valence electrons. The van der Waals surface area contributed by atoms with Crippen molar-refractivity contribution in [3.05, 3.63) is 88.6 Å². The van der Waals surface area contributed by atoms with Gasteiger partial charge in [0.15, 0.2) is 11.5 Å². The third-order valence-electron chi connectivity index (χ3n) is 5.81. The number of hydrogen-bond acceptors (Lipinski definition) is 5. The SMILES string of the molecule is Cc1cccc(NC2=C(c3ccc(C)cc3C)C(=O)N(c3ccc4c(c3)OCCO4)C2=O)c1. The van der Waals surface area contributed by atoms with Crippen molar-refractivity contribution in [3.8, 4) is 11.5 Å². The predicted octanol–water partition coefficient (Wildman–Crippen LogP) is 4.78. The van der Waals surface area contributed by atoms with Gasteiger partial charge in [-0.05, 0) is 61.7 Å². The second-order valence-corrected chi connectivity index (χ2v) is 8.34. The number of nitrogens with one attached hydrogen (secondary N) is 1. The van der Waals surface area contributed by atoms with Crippen LogP contribution in [0.5, 0.6) is 11.5 Å². The van der Waals surface area contributed by atoms with E-state index in [0.29, 0.717) is 36.0 Å². The zero-order chi connectivity index (χ0) is 23.1. The number of benzene rings is 3. The first-order chi connectivity index (χ1) is 15.9. The van der Waals surface area contributed by atoms with Crippen molar-refractivity contribution in [2.75, 3.05) is 23.4 Å². The van der Waals surface area contributed by atoms with Crippen LogP contribution in [0.3, 0.4) is 0 Å². The van der Waals surface area contributed by atoms with Gasteiger partial charge in [-0.25, -0.2) is 4.90 Å². The van der Waals surface area contributed by atoms with E-state index in [-0.39, 0.29) is 11.6 Å². The highest BCUT2D eigenvalue weighted by molar-refractivity contribution is 6.46. The van der Waals surface area contributed by atoms with E-state index in [1.165, 1.54) is 4.90 Å². The fourth-order valence-electron chi connectivity index (χ4n) is 4.26. The molecule has 0 aliphatic carbocycles. The average molecular weight is 440 g/mol. The van der Waals surface area contributed by atoms with Gasteiger partial charge in [-0.1, -0.05) is 35.9 Å². The van der Waals surface area contributed by atoms with Crippen molar-refractivity contribution < 1.29 is 19.1 Å². The zero-order valence-electron chi connectivity index (χ0n) is 18.8. The average Bonchev–Trinajstić information content (AvgIpc) is 3.03. The van der Waals surface area contributed by atoms with Crippen molar-refractivity contribution in [2.45, 2.75) is 20.8 Å². The number of carbonyl (C=O) groups excluding carboxylic acids is 2. The summed E-state index contributed by atoms with van der Waals surface area (Å²) < 4.78 is 11.3. The molecule has 0 atom stereocenters. The van der Waals surface area contributed by atoms with Crippen LogP contribution in [-0.4, -0.2) is 25.0 Å². The molecule has 0 aromatic heterocycles. The Labute approximate surface area is 192 Å². The Morgan fingerprint density at radius 1 is 0.788 bits per heavy atom. The van der Waals surface area contributed by atoms with Crippen LogP contribution in [0, 0.1) is 20.8 Å². The Hall–Kier alpha value is -4.06. The highest BCUT2D eigenvalue weighted by Crippen LogP contribution is 2.39. The summed E-state index contributed by atoms with van der Waals surface area (Å²) >= 11 is 0. The molecular formula is C27H24N2O4. The maximum atomic E-state index is 13.7. The van der Waals surface area contributed by atoms with Crippen molar-refractivity contribution >= 4 is 28.8 Å². The Balaban J connectivity index is 1.62. The molecule has 6 heteroatoms. The molecule has 0 unspecified atom stereocenters. The van der Waals surface area contributed by atoms with Crippen LogP contribution in [0.15, 0.2) is 66.4 Å². The molecule has 2 amide bonds. The maximum Gasteiger partial charge on any atom is 0.282 e. The van der Waals surface area contributed by atoms with Gasteiger partial charge in [0.1, 0.15) is 18.9 Å². The number of rotatable bonds is 4. The highest BCUT2D eigenvalue weighted by Gasteiger charge is 2.41. The summed E-state index contributed by atoms with van der Waals surface area (Å²) in [5.74, 6) is 0.337. The number of anilines is 2. The van der Waals surface area contributed by atoms with Crippen molar-refractivity contribution in [3.63, 3.8) is 0 Å². The van der Waals surface area contributed by atoms with Crippen LogP contribution in [0.4, 0.5) is 11.4 Å². The number of amides is 2. The largest absolute Gasteiger partial charge is 0.486 e. The molecule has 2 aliphatic rings. The minimum atomic E-state index is -0.409. The molecule has 0 spiro atoms. The molecular weight excluding hydrogens is 416 g/mol. The number of hydrogen-bond donors (Lipinski definition) is 1. The first-order valence-corrected chi connectivity index (χ1v) is 10.9. The van der Waals surface area contributed by atoms with Gasteiger partial charge in [0, 0.05) is 11.8 Å². The molecule has 3 aromatic carbocycles. The third-order valence-corrected chi connectivity index (χ3v) is 5.81. The number of ether oxygens (including phenoxy) is 2. The lowest BCUT2D eigenvalue weighted by atomic mass is 9.97. The molecule has 0 saturated carbocycles. The fourth-order valence-corrected chi connectivity index (χ4v) is 4.26. The second kappa shape index (κ2) is 8.13. The van der Waals surface area contributed by atoms with E-state index in [0.717, 1.165) is 27.9 Å². The van der Waals surface area contributed by atoms with Gasteiger partial charge < -0.3 is 14.8 Å². The van der Waals surface area contributed by atoms with Crippen LogP contribution in [0.1, 0.15) is 22.3 Å². The van der Waals surface area contributed by atoms with Crippen molar-refractivity contribution in [1.82, 2.24) is 0 Å². The lowest BCUT2D eigenvalue weighted by Gasteiger charge is -2.21. The monoisotopic (exact) mass is 440 g/mol. The van der Waals surface area contributed by atoms with E-state index in [1.807, 2.05) is 63.2 Å². The summed E-state index contributed by atoms with van der Waals surface area (Å²) in [5, 5.41) is 3.23. The van der Waals surface area contributed by atoms with Crippen LogP contribution >= 0.6 is 0 Å². The molecule has 33 heavy (non-hydrogen) atoms. The fraction of sp³-hybridized carbons (Fsp3) is 0.185. The van der Waals surface area contributed by atoms with E-state index in [2.05, 4.69) is 5.32 Å². The number of fused-ring (bicyclic) bond motifs is 1. The zero-order valence-corrected chi connectivity index (χ0v) is 18.8. The van der Waals surface area contributed by atoms with Gasteiger partial charge in [0.2, 0.25) is 0 Å². The topological polar surface area (TPSA) is 67.9 Å². The van der Waals surface area contributed by atoms with Gasteiger partial charge in [-0.15, -0.1) is 0 Å². The molecule has 2 aliphatic heterocycles. The van der Waals surface area contributed by atoms with E-state index in [9.17, 15) is 9.59 Å². The Morgan fingerprint density at radius 3 is 2.30 bits per heavy atom. The van der Waals surface area contributed by atoms with E-state index in [4.69, 9.17) is 9.47 Å². The molecule has 1 N–H and O–H groups in total. The Bertz CT molecular complexity index is 1330. The molecule has 2 heterocycles. The maximum absolute atomic E-state index is 13.7. The van der Waals surface area contributed by atoms with Crippen molar-refractivity contribution in [2.24, 2.45) is 0 Å². The molecule has 0 fully saturated rings. The van der Waals surface area contributed by atoms with Crippen molar-refractivity contribution in [1.29, 1.82) is 0 Å². The molecule has 0 bridgehead atoms. The van der Waals surface area contributed by atoms with Crippen LogP contribution in [0.25, 0.3) is 5.57 Å². The van der Waals surface area contributed by atoms with Gasteiger partial charge >= 0.3 is 0 Å². The van der Waals surface area contributed by atoms with Gasteiger partial charge in [0.25, 0.3) is 11.8 Å². The minimum absolute atomic E-state index is 0.257. The first kappa shape index (κ1) is 20.8. The van der Waals surface area contributed by atoms with Gasteiger partial charge in [-0.2, -0.15) is 0 Å². The predicted molar refractivity (Wildman–Crippen MR) is 128 cm³/mol. The first-order valence-electron chi connectivity index (χ1n) is 10.9. The van der Waals surface area contributed by atoms with Crippen LogP contribution < -0.4 is 19.7 Å². The number of imide groups is 1. The van der Waals surface area contributed by atoms with Gasteiger partial charge in [-0.3, -0.25) is 9.59 Å². The van der Waals surface area contributed by atoms with Gasteiger partial charge in [0.05, 0.1) is 11.3 Å². The molecule has 3 aromatic rings. The molecule has 0 radical (unpaired) electrons. The standard InChI is InChI=1S/C27H24N2O4/c1-16-5-4-6-19(14-16)28-25-24(21-9-7-17(2)13-18(21)3)26(30)29(27(25)31)20-8-10-22-23(15-20)33-12-11-32-22/h4-10,13-15,28H,11-12H2,1-3H3. The van der Waals surface area contributed by atoms with E-state index >= 15 is 0 Å². The number of aryl methyl sites for hydroxylation is 3. The molecule has 5 rings (SSSR count). The lowest BCUT2D eigenvalue weighted by Crippen LogP contribution is -2.32. The smallest absolute Gasteiger partial charge is 0.282 e. The summed E-state index contributed by atoms with van der Waals surface area (Å²) in [6.07, 6.45) is 0. The molecule has 0 saturated heterocycles. The minimum Gasteiger partial charge on any atom is -0.486 e. The lowest BCUT2D eigenvalue weighted by molar-refractivity contribution is -0.120. The normalized spacial score (nSPS) is 15.3. The summed E-state index contributed by atoms with van der Waals surface area (Å²) in [7, 11) is 0. The highest BCUT2D eigenvalue weighted by atomic mass is 16.6. The Kier molecular flexibility index (Phi) is 5.13. The molecule has 6 nitrogen and oxygen atoms in total. The third kappa shape index (κ3) is 3.74. The summed E-state index contributed by atoms with van der Waals surface area (Å²) in [4.78, 5) is 28.6. The second-order valence-electron chi connectivity index (χ2n) is 8.34. The van der Waals surface area contributed by atoms with E-state index in [1.54, 1.807) is 18.2 Å². The summed E-state index contributed by atoms with van der Waals surface area (Å²) in [6.45, 7) is 6.82. The number of nitrogens with zero attached hydrogens (tertiary/aromatic N) is 1. The summed E-state index contributed by atoms with van der Waals surface area (Å²) in [6, 6.07) is 18.7. The quantitative estimate of drug-likeness (QED) is 0.592. The van der Waals surface area contributed by atoms with E-state index < -0.39 is 5.91 Å². The van der Waals surface area contributed by atoms with Crippen LogP contribution in [-0.2, 0) is 9.59 Å². The number of carbonyl (C=O) groups is 2. The Morgan fingerprint density at radius 2 is 1.55 bits per heavy atom. The van der Waals surface area contributed by atoms with Crippen LogP contribution in [0.2, 0.25) is 0 Å². The summed E-state index contributed by atoms with van der Waals surface area (Å²) in [5.41, 5.74) is 5.60.